The third-order valence-electron chi connectivity index (χ3n) is 2.91. The highest BCUT2D eigenvalue weighted by Crippen LogP contribution is 2.37. The second-order valence-electron chi connectivity index (χ2n) is 5.57. The molecule has 2 nitrogen and oxygen atoms in total. The van der Waals surface area contributed by atoms with Gasteiger partial charge in [0.2, 0.25) is 0 Å². The first-order valence-electron chi connectivity index (χ1n) is 5.75. The van der Waals surface area contributed by atoms with Crippen LogP contribution in [0.4, 0.5) is 13.2 Å². The van der Waals surface area contributed by atoms with Gasteiger partial charge in [-0.15, -0.1) is 0 Å². The van der Waals surface area contributed by atoms with Gasteiger partial charge in [0.15, 0.2) is 0 Å². The lowest BCUT2D eigenvalue weighted by molar-refractivity contribution is -0.137. The summed E-state index contributed by atoms with van der Waals surface area (Å²) in [6.45, 7) is 5.38. The van der Waals surface area contributed by atoms with E-state index in [0.29, 0.717) is 5.56 Å². The van der Waals surface area contributed by atoms with E-state index in [9.17, 15) is 18.3 Å². The van der Waals surface area contributed by atoms with Crippen molar-refractivity contribution < 1.29 is 18.3 Å². The van der Waals surface area contributed by atoms with Gasteiger partial charge in [-0.2, -0.15) is 13.2 Å². The summed E-state index contributed by atoms with van der Waals surface area (Å²) in [5, 5.41) is 9.62. The lowest BCUT2D eigenvalue weighted by Crippen LogP contribution is -2.37. The number of benzene rings is 1. The van der Waals surface area contributed by atoms with Gasteiger partial charge in [0.05, 0.1) is 22.7 Å². The maximum absolute atomic E-state index is 12.6. The second-order valence-corrected chi connectivity index (χ2v) is 5.98. The molecule has 0 saturated heterocycles. The monoisotopic (exact) mass is 295 g/mol. The number of halogens is 4. The Morgan fingerprint density at radius 1 is 1.21 bits per heavy atom. The predicted molar refractivity (Wildman–Crippen MR) is 68.8 cm³/mol. The maximum Gasteiger partial charge on any atom is 0.417 e. The molecule has 0 radical (unpaired) electrons. The largest absolute Gasteiger partial charge is 0.417 e. The standard InChI is InChI=1S/C13H17ClF3NO/c1-12(2,3)11(19)10(18)7-4-5-8(9(14)6-7)13(15,16)17/h4-6,10-11,19H,18H2,1-3H3/t10-,11-/m1/s1. The summed E-state index contributed by atoms with van der Waals surface area (Å²) >= 11 is 5.62. The van der Waals surface area contributed by atoms with E-state index in [1.165, 1.54) is 6.07 Å². The van der Waals surface area contributed by atoms with Gasteiger partial charge in [0, 0.05) is 0 Å². The zero-order valence-electron chi connectivity index (χ0n) is 10.9. The van der Waals surface area contributed by atoms with E-state index in [2.05, 4.69) is 0 Å². The first-order valence-corrected chi connectivity index (χ1v) is 6.12. The highest BCUT2D eigenvalue weighted by molar-refractivity contribution is 6.31. The molecule has 108 valence electrons. The normalized spacial score (nSPS) is 16.3. The molecule has 0 aliphatic carbocycles. The number of alkyl halides is 3. The Morgan fingerprint density at radius 2 is 1.74 bits per heavy atom. The SMILES string of the molecule is CC(C)(C)[C@H](O)[C@H](N)c1ccc(C(F)(F)F)c(Cl)c1. The molecule has 0 aliphatic heterocycles. The van der Waals surface area contributed by atoms with Crippen LogP contribution in [-0.4, -0.2) is 11.2 Å². The topological polar surface area (TPSA) is 46.2 Å². The van der Waals surface area contributed by atoms with Crippen LogP contribution in [0.15, 0.2) is 18.2 Å². The predicted octanol–water partition coefficient (Wildman–Crippen LogP) is 3.77. The molecule has 19 heavy (non-hydrogen) atoms. The Morgan fingerprint density at radius 3 is 2.11 bits per heavy atom. The first kappa shape index (κ1) is 16.3. The summed E-state index contributed by atoms with van der Waals surface area (Å²) in [6.07, 6.45) is -5.39. The van der Waals surface area contributed by atoms with E-state index in [-0.39, 0.29) is 0 Å². The van der Waals surface area contributed by atoms with Crippen LogP contribution in [0.25, 0.3) is 0 Å². The van der Waals surface area contributed by atoms with Gasteiger partial charge in [0.1, 0.15) is 0 Å². The van der Waals surface area contributed by atoms with Crippen molar-refractivity contribution >= 4 is 11.6 Å². The molecule has 1 rings (SSSR count). The maximum atomic E-state index is 12.6. The van der Waals surface area contributed by atoms with Gasteiger partial charge in [-0.25, -0.2) is 0 Å². The first-order chi connectivity index (χ1) is 8.44. The molecule has 0 aliphatic rings. The Balaban J connectivity index is 3.08. The van der Waals surface area contributed by atoms with Crippen molar-refractivity contribution in [2.45, 2.75) is 39.1 Å². The number of rotatable bonds is 2. The van der Waals surface area contributed by atoms with Gasteiger partial charge < -0.3 is 10.8 Å². The van der Waals surface area contributed by atoms with Crippen molar-refractivity contribution in [3.63, 3.8) is 0 Å². The molecular formula is C13H17ClF3NO. The minimum atomic E-state index is -4.50. The van der Waals surface area contributed by atoms with Gasteiger partial charge >= 0.3 is 6.18 Å². The molecule has 3 N–H and O–H groups in total. The van der Waals surface area contributed by atoms with Crippen molar-refractivity contribution in [1.29, 1.82) is 0 Å². The zero-order valence-corrected chi connectivity index (χ0v) is 11.7. The summed E-state index contributed by atoms with van der Waals surface area (Å²) < 4.78 is 37.7. The molecule has 0 unspecified atom stereocenters. The summed E-state index contributed by atoms with van der Waals surface area (Å²) in [4.78, 5) is 0. The highest BCUT2D eigenvalue weighted by atomic mass is 35.5. The summed E-state index contributed by atoms with van der Waals surface area (Å²) in [6, 6.07) is 2.49. The van der Waals surface area contributed by atoms with Crippen LogP contribution in [0.3, 0.4) is 0 Å². The van der Waals surface area contributed by atoms with Crippen molar-refractivity contribution in [2.75, 3.05) is 0 Å². The van der Waals surface area contributed by atoms with Crippen LogP contribution in [0.2, 0.25) is 5.02 Å². The smallest absolute Gasteiger partial charge is 0.391 e. The molecular weight excluding hydrogens is 279 g/mol. The molecule has 6 heteroatoms. The number of nitrogens with two attached hydrogens (primary N) is 1. The Labute approximate surface area is 115 Å². The average Bonchev–Trinajstić information content (AvgIpc) is 2.23. The number of aliphatic hydroxyl groups is 1. The average molecular weight is 296 g/mol. The van der Waals surface area contributed by atoms with Crippen LogP contribution < -0.4 is 5.73 Å². The van der Waals surface area contributed by atoms with E-state index in [4.69, 9.17) is 17.3 Å². The van der Waals surface area contributed by atoms with Gasteiger partial charge in [-0.05, 0) is 23.1 Å². The van der Waals surface area contributed by atoms with Gasteiger partial charge in [-0.3, -0.25) is 0 Å². The van der Waals surface area contributed by atoms with Crippen molar-refractivity contribution in [3.8, 4) is 0 Å². The molecule has 0 heterocycles. The molecule has 1 aromatic rings. The lowest BCUT2D eigenvalue weighted by atomic mass is 9.82. The fourth-order valence-corrected chi connectivity index (χ4v) is 1.99. The fourth-order valence-electron chi connectivity index (χ4n) is 1.69. The van der Waals surface area contributed by atoms with Crippen LogP contribution >= 0.6 is 11.6 Å². The summed E-state index contributed by atoms with van der Waals surface area (Å²) in [5.41, 5.74) is 4.85. The van der Waals surface area contributed by atoms with E-state index in [0.717, 1.165) is 12.1 Å². The second kappa shape index (κ2) is 5.31. The molecule has 0 saturated carbocycles. The van der Waals surface area contributed by atoms with E-state index in [1.54, 1.807) is 20.8 Å². The van der Waals surface area contributed by atoms with Crippen molar-refractivity contribution in [1.82, 2.24) is 0 Å². The third kappa shape index (κ3) is 3.84. The van der Waals surface area contributed by atoms with E-state index >= 15 is 0 Å². The quantitative estimate of drug-likeness (QED) is 0.872. The third-order valence-corrected chi connectivity index (χ3v) is 3.22. The molecule has 2 atom stereocenters. The molecule has 0 fully saturated rings. The molecule has 1 aromatic carbocycles. The fraction of sp³-hybridized carbons (Fsp3) is 0.538. The summed E-state index contributed by atoms with van der Waals surface area (Å²) in [5.74, 6) is 0. The van der Waals surface area contributed by atoms with Gasteiger partial charge in [-0.1, -0.05) is 38.4 Å². The molecule has 0 spiro atoms. The van der Waals surface area contributed by atoms with Crippen LogP contribution in [0.5, 0.6) is 0 Å². The molecule has 0 amide bonds. The zero-order chi connectivity index (χ0) is 15.0. The lowest BCUT2D eigenvalue weighted by Gasteiger charge is -2.31. The Bertz CT molecular complexity index is 454. The molecule has 0 bridgehead atoms. The minimum Gasteiger partial charge on any atom is -0.391 e. The van der Waals surface area contributed by atoms with Crippen LogP contribution in [-0.2, 0) is 6.18 Å². The van der Waals surface area contributed by atoms with E-state index in [1.807, 2.05) is 0 Å². The Kier molecular flexibility index (Phi) is 4.55. The van der Waals surface area contributed by atoms with Crippen LogP contribution in [0, 0.1) is 5.41 Å². The van der Waals surface area contributed by atoms with E-state index < -0.39 is 34.3 Å². The number of aliphatic hydroxyl groups excluding tert-OH is 1. The Hall–Kier alpha value is -0.780. The van der Waals surface area contributed by atoms with Gasteiger partial charge in [0.25, 0.3) is 0 Å². The van der Waals surface area contributed by atoms with Crippen molar-refractivity contribution in [3.05, 3.63) is 34.3 Å². The van der Waals surface area contributed by atoms with Crippen molar-refractivity contribution in [2.24, 2.45) is 11.1 Å². The number of hydrogen-bond donors (Lipinski definition) is 2. The highest BCUT2D eigenvalue weighted by Gasteiger charge is 2.34. The number of hydrogen-bond acceptors (Lipinski definition) is 2. The molecule has 0 aromatic heterocycles. The summed E-state index contributed by atoms with van der Waals surface area (Å²) in [7, 11) is 0. The minimum absolute atomic E-state index is 0.375. The van der Waals surface area contributed by atoms with Crippen LogP contribution in [0.1, 0.15) is 37.9 Å².